The van der Waals surface area contributed by atoms with Gasteiger partial charge < -0.3 is 9.47 Å². The summed E-state index contributed by atoms with van der Waals surface area (Å²) >= 11 is 0. The van der Waals surface area contributed by atoms with Crippen molar-refractivity contribution >= 4 is 5.78 Å². The molecule has 2 fully saturated rings. The predicted molar refractivity (Wildman–Crippen MR) is 78.9 cm³/mol. The molecular formula is C18H17NO3. The number of rotatable bonds is 0. The monoisotopic (exact) mass is 295 g/mol. The van der Waals surface area contributed by atoms with E-state index >= 15 is 0 Å². The molecule has 1 aromatic carbocycles. The van der Waals surface area contributed by atoms with Gasteiger partial charge in [-0.25, -0.2) is 0 Å². The van der Waals surface area contributed by atoms with Crippen LogP contribution in [-0.2, 0) is 21.4 Å². The van der Waals surface area contributed by atoms with Gasteiger partial charge in [0.25, 0.3) is 0 Å². The molecule has 0 aromatic heterocycles. The van der Waals surface area contributed by atoms with E-state index in [9.17, 15) is 4.79 Å². The Morgan fingerprint density at radius 2 is 2.27 bits per heavy atom. The van der Waals surface area contributed by atoms with Crippen LogP contribution in [0.15, 0.2) is 24.3 Å². The summed E-state index contributed by atoms with van der Waals surface area (Å²) in [6.45, 7) is 3.73. The molecule has 0 radical (unpaired) electrons. The molecule has 5 atom stereocenters. The summed E-state index contributed by atoms with van der Waals surface area (Å²) in [7, 11) is 0. The Hall–Kier alpha value is -1.65. The maximum atomic E-state index is 12.6. The quantitative estimate of drug-likeness (QED) is 0.727. The molecule has 4 bridgehead atoms. The van der Waals surface area contributed by atoms with Crippen molar-refractivity contribution in [2.24, 2.45) is 0 Å². The van der Waals surface area contributed by atoms with Crippen molar-refractivity contribution in [1.82, 2.24) is 4.90 Å². The predicted octanol–water partition coefficient (Wildman–Crippen LogP) is 1.49. The van der Waals surface area contributed by atoms with Crippen molar-refractivity contribution < 1.29 is 14.3 Å². The molecule has 1 aromatic rings. The Labute approximate surface area is 128 Å². The van der Waals surface area contributed by atoms with E-state index in [2.05, 4.69) is 30.0 Å². The lowest BCUT2D eigenvalue weighted by Gasteiger charge is -2.57. The Bertz CT molecular complexity index is 785. The number of hydrogen-bond donors (Lipinski definition) is 0. The molecule has 4 nitrogen and oxygen atoms in total. The van der Waals surface area contributed by atoms with Crippen LogP contribution in [0.25, 0.3) is 0 Å². The fourth-order valence-corrected chi connectivity index (χ4v) is 5.74. The molecule has 0 saturated carbocycles. The van der Waals surface area contributed by atoms with Gasteiger partial charge in [0.2, 0.25) is 0 Å². The average Bonchev–Trinajstić information content (AvgIpc) is 2.97. The largest absolute Gasteiger partial charge is 0.481 e. The number of hydrogen-bond acceptors (Lipinski definition) is 4. The molecule has 112 valence electrons. The minimum atomic E-state index is -0.407. The topological polar surface area (TPSA) is 38.8 Å². The zero-order chi connectivity index (χ0) is 14.7. The number of ketones is 1. The minimum Gasteiger partial charge on any atom is -0.481 e. The number of aryl methyl sites for hydroxylation is 1. The van der Waals surface area contributed by atoms with Crippen molar-refractivity contribution in [3.05, 3.63) is 41.0 Å². The third-order valence-corrected chi connectivity index (χ3v) is 6.63. The van der Waals surface area contributed by atoms with Gasteiger partial charge in [0, 0.05) is 18.2 Å². The Morgan fingerprint density at radius 3 is 3.18 bits per heavy atom. The standard InChI is InChI=1S/C18H17NO3/c1-10-2-3-11-8-13-18-5-4-12(20)16-17(18,14(11)15(10)22-16)6-7-19(13)9-21-18/h2-5,13,16H,6-9H2,1H3/t13-,16+,17+,18-/m1/s1. The van der Waals surface area contributed by atoms with Gasteiger partial charge in [-0.3, -0.25) is 9.69 Å². The van der Waals surface area contributed by atoms with Crippen LogP contribution in [0.1, 0.15) is 23.1 Å². The second-order valence-corrected chi connectivity index (χ2v) is 7.30. The SMILES string of the molecule is Cc1ccc2c3c1O[C@H]1C(=O)C=C[C@]45OCN(CC[C@]314)[C@@H]5C2. The molecule has 5 aliphatic rings. The summed E-state index contributed by atoms with van der Waals surface area (Å²) in [5.41, 5.74) is 3.06. The molecule has 2 saturated heterocycles. The molecular weight excluding hydrogens is 278 g/mol. The molecule has 0 N–H and O–H groups in total. The number of benzene rings is 1. The second-order valence-electron chi connectivity index (χ2n) is 7.30. The summed E-state index contributed by atoms with van der Waals surface area (Å²) in [5.74, 6) is 1.04. The van der Waals surface area contributed by atoms with Crippen LogP contribution in [-0.4, -0.2) is 41.7 Å². The number of nitrogens with zero attached hydrogens (tertiary/aromatic N) is 1. The van der Waals surface area contributed by atoms with Crippen molar-refractivity contribution in [2.45, 2.75) is 42.9 Å². The van der Waals surface area contributed by atoms with Gasteiger partial charge >= 0.3 is 0 Å². The fraction of sp³-hybridized carbons (Fsp3) is 0.500. The number of piperidine rings is 1. The zero-order valence-corrected chi connectivity index (χ0v) is 12.5. The first kappa shape index (κ1) is 11.9. The fourth-order valence-electron chi connectivity index (χ4n) is 5.74. The molecule has 2 aliphatic carbocycles. The van der Waals surface area contributed by atoms with Crippen LogP contribution in [0.5, 0.6) is 5.75 Å². The Morgan fingerprint density at radius 1 is 1.36 bits per heavy atom. The molecule has 22 heavy (non-hydrogen) atoms. The lowest BCUT2D eigenvalue weighted by atomic mass is 9.51. The highest BCUT2D eigenvalue weighted by Crippen LogP contribution is 2.65. The van der Waals surface area contributed by atoms with E-state index in [-0.39, 0.29) is 16.8 Å². The van der Waals surface area contributed by atoms with E-state index in [4.69, 9.17) is 9.47 Å². The van der Waals surface area contributed by atoms with Gasteiger partial charge in [-0.1, -0.05) is 12.1 Å². The van der Waals surface area contributed by atoms with Gasteiger partial charge in [0.05, 0.1) is 5.41 Å². The lowest BCUT2D eigenvalue weighted by Crippen LogP contribution is -2.71. The van der Waals surface area contributed by atoms with E-state index in [1.807, 2.05) is 0 Å². The number of ether oxygens (including phenoxy) is 2. The highest BCUT2D eigenvalue weighted by atomic mass is 16.5. The van der Waals surface area contributed by atoms with Crippen molar-refractivity contribution in [1.29, 1.82) is 0 Å². The van der Waals surface area contributed by atoms with Crippen LogP contribution in [0.4, 0.5) is 0 Å². The van der Waals surface area contributed by atoms with E-state index in [0.717, 1.165) is 30.7 Å². The summed E-state index contributed by atoms with van der Waals surface area (Å²) in [6.07, 6.45) is 5.28. The van der Waals surface area contributed by atoms with E-state index in [1.54, 1.807) is 6.08 Å². The molecule has 3 aliphatic heterocycles. The van der Waals surface area contributed by atoms with Gasteiger partial charge in [0.15, 0.2) is 11.9 Å². The molecule has 3 heterocycles. The van der Waals surface area contributed by atoms with Crippen molar-refractivity contribution in [3.63, 3.8) is 0 Å². The molecule has 2 spiro atoms. The highest BCUT2D eigenvalue weighted by molar-refractivity contribution is 5.99. The van der Waals surface area contributed by atoms with Crippen LogP contribution in [0.3, 0.4) is 0 Å². The van der Waals surface area contributed by atoms with Crippen LogP contribution < -0.4 is 4.74 Å². The van der Waals surface area contributed by atoms with E-state index in [1.165, 1.54) is 11.1 Å². The Kier molecular flexibility index (Phi) is 1.79. The first-order valence-electron chi connectivity index (χ1n) is 8.08. The van der Waals surface area contributed by atoms with Gasteiger partial charge in [-0.2, -0.15) is 0 Å². The van der Waals surface area contributed by atoms with Gasteiger partial charge in [-0.15, -0.1) is 0 Å². The van der Waals surface area contributed by atoms with Gasteiger partial charge in [-0.05, 0) is 43.0 Å². The van der Waals surface area contributed by atoms with Crippen molar-refractivity contribution in [3.8, 4) is 5.75 Å². The normalized spacial score (nSPS) is 45.7. The number of carbonyl (C=O) groups excluding carboxylic acids is 1. The van der Waals surface area contributed by atoms with Crippen LogP contribution in [0, 0.1) is 6.92 Å². The van der Waals surface area contributed by atoms with E-state index < -0.39 is 6.10 Å². The summed E-state index contributed by atoms with van der Waals surface area (Å²) in [6, 6.07) is 4.69. The van der Waals surface area contributed by atoms with Gasteiger partial charge in [0.1, 0.15) is 18.1 Å². The maximum Gasteiger partial charge on any atom is 0.196 e. The molecule has 6 rings (SSSR count). The Balaban J connectivity index is 1.78. The third kappa shape index (κ3) is 0.948. The van der Waals surface area contributed by atoms with Crippen molar-refractivity contribution in [2.75, 3.05) is 13.3 Å². The zero-order valence-electron chi connectivity index (χ0n) is 12.5. The summed E-state index contributed by atoms with van der Waals surface area (Å²) < 4.78 is 12.6. The molecule has 1 unspecified atom stereocenters. The third-order valence-electron chi connectivity index (χ3n) is 6.63. The second kappa shape index (κ2) is 3.31. The maximum absolute atomic E-state index is 12.6. The average molecular weight is 295 g/mol. The van der Waals surface area contributed by atoms with Crippen LogP contribution >= 0.6 is 0 Å². The highest BCUT2D eigenvalue weighted by Gasteiger charge is 2.74. The summed E-state index contributed by atoms with van der Waals surface area (Å²) in [5, 5.41) is 0. The summed E-state index contributed by atoms with van der Waals surface area (Å²) in [4.78, 5) is 15.1. The van der Waals surface area contributed by atoms with Crippen LogP contribution in [0.2, 0.25) is 0 Å². The molecule has 0 amide bonds. The lowest BCUT2D eigenvalue weighted by molar-refractivity contribution is -0.135. The van der Waals surface area contributed by atoms with E-state index in [0.29, 0.717) is 12.8 Å². The first-order chi connectivity index (χ1) is 10.7. The molecule has 4 heteroatoms. The smallest absolute Gasteiger partial charge is 0.196 e. The number of carbonyl (C=O) groups is 1. The minimum absolute atomic E-state index is 0.0942. The first-order valence-corrected chi connectivity index (χ1v) is 8.08.